The van der Waals surface area contributed by atoms with Gasteiger partial charge in [0.2, 0.25) is 0 Å². The van der Waals surface area contributed by atoms with Gasteiger partial charge in [0.25, 0.3) is 0 Å². The van der Waals surface area contributed by atoms with Gasteiger partial charge in [-0.2, -0.15) is 5.10 Å². The van der Waals surface area contributed by atoms with Crippen LogP contribution in [0.3, 0.4) is 0 Å². The van der Waals surface area contributed by atoms with Crippen molar-refractivity contribution in [1.29, 1.82) is 0 Å². The van der Waals surface area contributed by atoms with Crippen molar-refractivity contribution in [3.05, 3.63) is 65.5 Å². The van der Waals surface area contributed by atoms with Crippen LogP contribution in [-0.2, 0) is 32.9 Å². The first kappa shape index (κ1) is 25.3. The number of hydrogen-bond donors (Lipinski definition) is 0. The van der Waals surface area contributed by atoms with Crippen LogP contribution in [0.25, 0.3) is 50.4 Å². The number of ether oxygens (including phenoxy) is 2. The molecule has 11 nitrogen and oxygen atoms in total. The van der Waals surface area contributed by atoms with Gasteiger partial charge in [-0.1, -0.05) is 0 Å². The van der Waals surface area contributed by atoms with Gasteiger partial charge in [-0.15, -0.1) is 0 Å². The van der Waals surface area contributed by atoms with E-state index in [9.17, 15) is 4.79 Å². The molecule has 6 aromatic rings. The maximum Gasteiger partial charge on any atom is 0.328 e. The zero-order valence-electron chi connectivity index (χ0n) is 23.2. The first-order chi connectivity index (χ1) is 19.8. The Hall–Kier alpha value is -4.71. The lowest BCUT2D eigenvalue weighted by atomic mass is 10.1. The van der Waals surface area contributed by atoms with Gasteiger partial charge >= 0.3 is 5.69 Å². The van der Waals surface area contributed by atoms with E-state index in [1.54, 1.807) is 65.9 Å². The third-order valence-electron chi connectivity index (χ3n) is 7.84. The first-order valence-corrected chi connectivity index (χ1v) is 13.4. The highest BCUT2D eigenvalue weighted by Crippen LogP contribution is 2.36. The number of imidazole rings is 3. The summed E-state index contributed by atoms with van der Waals surface area (Å²) in [6, 6.07) is 7.07. The van der Waals surface area contributed by atoms with Crippen LogP contribution in [0.1, 0.15) is 12.8 Å². The second-order valence-electron chi connectivity index (χ2n) is 10.5. The molecule has 41 heavy (non-hydrogen) atoms. The number of halogens is 1. The zero-order chi connectivity index (χ0) is 28.4. The van der Waals surface area contributed by atoms with Crippen LogP contribution in [-0.4, -0.2) is 57.3 Å². The molecule has 0 amide bonds. The van der Waals surface area contributed by atoms with E-state index in [1.807, 2.05) is 28.3 Å². The molecule has 7 rings (SSSR count). The Labute approximate surface area is 234 Å². The van der Waals surface area contributed by atoms with Crippen molar-refractivity contribution in [2.75, 3.05) is 13.2 Å². The van der Waals surface area contributed by atoms with Crippen molar-refractivity contribution in [2.24, 2.45) is 28.2 Å². The number of hydrogen-bond acceptors (Lipinski definition) is 6. The Balaban J connectivity index is 1.51. The summed E-state index contributed by atoms with van der Waals surface area (Å²) in [5.74, 6) is 0.768. The molecular formula is C29H29FN8O3. The highest BCUT2D eigenvalue weighted by Gasteiger charge is 2.24. The van der Waals surface area contributed by atoms with E-state index in [-0.39, 0.29) is 11.8 Å². The van der Waals surface area contributed by atoms with Gasteiger partial charge in [-0.25, -0.2) is 19.2 Å². The van der Waals surface area contributed by atoms with Gasteiger partial charge < -0.3 is 14.0 Å². The molecule has 0 unspecified atom stereocenters. The van der Waals surface area contributed by atoms with Crippen LogP contribution in [0, 0.1) is 5.82 Å². The summed E-state index contributed by atoms with van der Waals surface area (Å²) in [7, 11) is 7.16. The van der Waals surface area contributed by atoms with E-state index in [2.05, 4.69) is 10.1 Å². The minimum Gasteiger partial charge on any atom is -0.488 e. The molecule has 1 fully saturated rings. The van der Waals surface area contributed by atoms with Crippen molar-refractivity contribution in [3.8, 4) is 34.1 Å². The molecule has 12 heteroatoms. The first-order valence-electron chi connectivity index (χ1n) is 13.4. The number of rotatable bonds is 5. The van der Waals surface area contributed by atoms with Crippen molar-refractivity contribution >= 4 is 22.1 Å². The van der Waals surface area contributed by atoms with Gasteiger partial charge in [0.15, 0.2) is 5.82 Å². The van der Waals surface area contributed by atoms with E-state index in [1.165, 1.54) is 6.07 Å². The standard InChI is InChI=1S/C29H29FN8O3/c1-34-16-31-14-25(34)28-33-22-11-20(17-13-32-35(2)15-17)21(30)12-23(22)38(28)18-9-24-27(37(4)29(39)36(24)3)26(10-18)41-19-5-7-40-8-6-19/h9-16,19H,5-8H2,1-4H3. The number of fused-ring (bicyclic) bond motifs is 2. The van der Waals surface area contributed by atoms with Crippen LogP contribution >= 0.6 is 0 Å². The quantitative estimate of drug-likeness (QED) is 0.321. The maximum absolute atomic E-state index is 15.7. The van der Waals surface area contributed by atoms with E-state index in [0.29, 0.717) is 63.7 Å². The molecule has 0 atom stereocenters. The molecule has 5 heterocycles. The second-order valence-corrected chi connectivity index (χ2v) is 10.5. The van der Waals surface area contributed by atoms with Crippen LogP contribution < -0.4 is 10.4 Å². The number of aryl methyl sites for hydroxylation is 4. The van der Waals surface area contributed by atoms with Crippen LogP contribution in [0.15, 0.2) is 54.0 Å². The molecule has 1 aliphatic heterocycles. The van der Waals surface area contributed by atoms with Gasteiger partial charge in [0.1, 0.15) is 28.9 Å². The van der Waals surface area contributed by atoms with Gasteiger partial charge in [0, 0.05) is 70.5 Å². The molecule has 0 aliphatic carbocycles. The zero-order valence-corrected chi connectivity index (χ0v) is 23.2. The van der Waals surface area contributed by atoms with Crippen LogP contribution in [0.5, 0.6) is 5.75 Å². The molecule has 2 aromatic carbocycles. The number of benzene rings is 2. The van der Waals surface area contributed by atoms with Crippen LogP contribution in [0.2, 0.25) is 0 Å². The van der Waals surface area contributed by atoms with Crippen LogP contribution in [0.4, 0.5) is 4.39 Å². The van der Waals surface area contributed by atoms with Gasteiger partial charge in [-0.05, 0) is 12.1 Å². The SMILES string of the molecule is Cn1cc(-c2cc3nc(-c4cncn4C)n(-c4cc(OC5CCOCC5)c5c(c4)n(C)c(=O)n5C)c3cc2F)cn1. The number of aromatic nitrogens is 8. The van der Waals surface area contributed by atoms with E-state index in [4.69, 9.17) is 14.5 Å². The highest BCUT2D eigenvalue weighted by atomic mass is 19.1. The molecule has 1 aliphatic rings. The predicted molar refractivity (Wildman–Crippen MR) is 152 cm³/mol. The molecule has 0 N–H and O–H groups in total. The summed E-state index contributed by atoms with van der Waals surface area (Å²) in [5, 5.41) is 4.20. The average Bonchev–Trinajstić information content (AvgIpc) is 3.72. The fourth-order valence-corrected chi connectivity index (χ4v) is 5.67. The molecule has 4 aromatic heterocycles. The summed E-state index contributed by atoms with van der Waals surface area (Å²) < 4.78 is 36.4. The van der Waals surface area contributed by atoms with Gasteiger partial charge in [-0.3, -0.25) is 18.4 Å². The maximum atomic E-state index is 15.7. The normalized spacial score (nSPS) is 14.5. The Morgan fingerprint density at radius 3 is 2.51 bits per heavy atom. The smallest absolute Gasteiger partial charge is 0.328 e. The van der Waals surface area contributed by atoms with Crippen molar-refractivity contribution in [2.45, 2.75) is 18.9 Å². The minimum absolute atomic E-state index is 0.0481. The molecule has 0 radical (unpaired) electrons. The largest absolute Gasteiger partial charge is 0.488 e. The van der Waals surface area contributed by atoms with E-state index < -0.39 is 5.82 Å². The molecular weight excluding hydrogens is 527 g/mol. The molecule has 0 spiro atoms. The lowest BCUT2D eigenvalue weighted by Gasteiger charge is -2.24. The third kappa shape index (κ3) is 4.05. The lowest BCUT2D eigenvalue weighted by molar-refractivity contribution is 0.0260. The Morgan fingerprint density at radius 1 is 1.00 bits per heavy atom. The minimum atomic E-state index is -0.393. The fourth-order valence-electron chi connectivity index (χ4n) is 5.67. The monoisotopic (exact) mass is 556 g/mol. The summed E-state index contributed by atoms with van der Waals surface area (Å²) >= 11 is 0. The van der Waals surface area contributed by atoms with E-state index in [0.717, 1.165) is 18.5 Å². The molecule has 0 bridgehead atoms. The summed E-state index contributed by atoms with van der Waals surface area (Å²) in [6.45, 7) is 1.24. The summed E-state index contributed by atoms with van der Waals surface area (Å²) in [6.07, 6.45) is 8.29. The Morgan fingerprint density at radius 2 is 1.80 bits per heavy atom. The van der Waals surface area contributed by atoms with Gasteiger partial charge in [0.05, 0.1) is 54.2 Å². The molecule has 0 saturated carbocycles. The summed E-state index contributed by atoms with van der Waals surface area (Å²) in [4.78, 5) is 22.3. The predicted octanol–water partition coefficient (Wildman–Crippen LogP) is 3.71. The second kappa shape index (κ2) is 9.44. The third-order valence-corrected chi connectivity index (χ3v) is 7.84. The lowest BCUT2D eigenvalue weighted by Crippen LogP contribution is -2.26. The summed E-state index contributed by atoms with van der Waals surface area (Å²) in [5.41, 5.74) is 4.92. The average molecular weight is 557 g/mol. The van der Waals surface area contributed by atoms with Crippen molar-refractivity contribution in [1.82, 2.24) is 38.0 Å². The van der Waals surface area contributed by atoms with E-state index >= 15 is 4.39 Å². The Kier molecular flexibility index (Phi) is 5.82. The van der Waals surface area contributed by atoms with Crippen molar-refractivity contribution in [3.63, 3.8) is 0 Å². The number of nitrogens with zero attached hydrogens (tertiary/aromatic N) is 8. The Bertz CT molecular complexity index is 2000. The topological polar surface area (TPSA) is 98.9 Å². The highest BCUT2D eigenvalue weighted by molar-refractivity contribution is 5.90. The molecule has 1 saturated heterocycles. The van der Waals surface area contributed by atoms with Crippen molar-refractivity contribution < 1.29 is 13.9 Å². The fraction of sp³-hybridized carbons (Fsp3) is 0.310. The molecule has 210 valence electrons.